The molecule has 2 aliphatic carbocycles. The minimum absolute atomic E-state index is 0.00886. The zero-order valence-corrected chi connectivity index (χ0v) is 20.2. The van der Waals surface area contributed by atoms with E-state index in [9.17, 15) is 14.4 Å². The molecule has 2 N–H and O–H groups in total. The molecule has 0 spiro atoms. The van der Waals surface area contributed by atoms with Gasteiger partial charge in [-0.25, -0.2) is 0 Å². The van der Waals surface area contributed by atoms with Crippen molar-refractivity contribution in [2.24, 2.45) is 5.92 Å². The van der Waals surface area contributed by atoms with Crippen molar-refractivity contribution in [2.75, 3.05) is 39.3 Å². The van der Waals surface area contributed by atoms with E-state index in [-0.39, 0.29) is 66.0 Å². The second-order valence-electron chi connectivity index (χ2n) is 10.5. The molecule has 9 nitrogen and oxygen atoms in total. The quantitative estimate of drug-likeness (QED) is 0.436. The molecule has 2 amide bonds. The molecule has 5 aliphatic rings. The molecule has 3 aliphatic heterocycles. The number of ether oxygens (including phenoxy) is 1. The molecule has 5 rings (SSSR count). The van der Waals surface area contributed by atoms with Crippen LogP contribution in [0.4, 0.5) is 0 Å². The highest BCUT2D eigenvalue weighted by molar-refractivity contribution is 6.20. The number of morpholine rings is 1. The van der Waals surface area contributed by atoms with E-state index in [1.54, 1.807) is 6.92 Å². The van der Waals surface area contributed by atoms with Gasteiger partial charge in [-0.3, -0.25) is 19.3 Å². The lowest BCUT2D eigenvalue weighted by Gasteiger charge is -2.60. The van der Waals surface area contributed by atoms with E-state index >= 15 is 0 Å². The maximum absolute atomic E-state index is 13.5. The third-order valence-electron chi connectivity index (χ3n) is 8.60. The van der Waals surface area contributed by atoms with Crippen LogP contribution in [0.5, 0.6) is 0 Å². The number of Topliss-reactive ketones (excluding diaryl/α,β-unsaturated/α-hetero) is 1. The molecule has 0 radical (unpaired) electrons. The zero-order valence-electron chi connectivity index (χ0n) is 20.2. The van der Waals surface area contributed by atoms with Crippen molar-refractivity contribution in [3.8, 4) is 0 Å². The second-order valence-corrected chi connectivity index (χ2v) is 10.5. The molecule has 0 bridgehead atoms. The lowest BCUT2D eigenvalue weighted by Crippen LogP contribution is -2.71. The molecule has 2 saturated heterocycles. The Labute approximate surface area is 201 Å². The lowest BCUT2D eigenvalue weighted by atomic mass is 9.70. The van der Waals surface area contributed by atoms with Gasteiger partial charge in [0.25, 0.3) is 5.91 Å². The Bertz CT molecular complexity index is 839. The van der Waals surface area contributed by atoms with Crippen molar-refractivity contribution in [1.82, 2.24) is 20.0 Å². The predicted octanol–water partition coefficient (Wildman–Crippen LogP) is 0.275. The van der Waals surface area contributed by atoms with E-state index in [4.69, 9.17) is 9.84 Å². The lowest BCUT2D eigenvalue weighted by molar-refractivity contribution is -0.202. The SMILES string of the molecule is CC(=O)N1CCN(C2CCC3C(=O)C(C(=O)NCCCO)=CN4C5CCCCC5OC2C34)CC1. The topological polar surface area (TPSA) is 102 Å². The summed E-state index contributed by atoms with van der Waals surface area (Å²) in [5.41, 5.74) is 0.262. The Balaban J connectivity index is 1.40. The fourth-order valence-electron chi connectivity index (χ4n) is 6.88. The summed E-state index contributed by atoms with van der Waals surface area (Å²) in [7, 11) is 0. The summed E-state index contributed by atoms with van der Waals surface area (Å²) in [6.45, 7) is 5.13. The van der Waals surface area contributed by atoms with Crippen LogP contribution in [-0.4, -0.2) is 107 Å². The number of piperazine rings is 1. The molecule has 0 aromatic carbocycles. The first-order chi connectivity index (χ1) is 16.5. The predicted molar refractivity (Wildman–Crippen MR) is 125 cm³/mol. The fraction of sp³-hybridized carbons (Fsp3) is 0.800. The van der Waals surface area contributed by atoms with Gasteiger partial charge in [-0.15, -0.1) is 0 Å². The highest BCUT2D eigenvalue weighted by Gasteiger charge is 2.56. The second kappa shape index (κ2) is 9.95. The number of amides is 2. The molecule has 9 heteroatoms. The van der Waals surface area contributed by atoms with Crippen LogP contribution in [0.2, 0.25) is 0 Å². The molecule has 0 aromatic heterocycles. The van der Waals surface area contributed by atoms with Crippen molar-refractivity contribution in [1.29, 1.82) is 0 Å². The van der Waals surface area contributed by atoms with Crippen LogP contribution in [0.1, 0.15) is 51.9 Å². The van der Waals surface area contributed by atoms with Crippen LogP contribution in [0.15, 0.2) is 11.8 Å². The Morgan fingerprint density at radius 2 is 1.85 bits per heavy atom. The summed E-state index contributed by atoms with van der Waals surface area (Å²) in [6.07, 6.45) is 8.30. The van der Waals surface area contributed by atoms with Gasteiger partial charge in [-0.2, -0.15) is 0 Å². The highest BCUT2D eigenvalue weighted by Crippen LogP contribution is 2.46. The first-order valence-corrected chi connectivity index (χ1v) is 13.1. The van der Waals surface area contributed by atoms with Gasteiger partial charge < -0.3 is 25.0 Å². The number of carbonyl (C=O) groups excluding carboxylic acids is 3. The Hall–Kier alpha value is -1.97. The third-order valence-corrected chi connectivity index (χ3v) is 8.60. The summed E-state index contributed by atoms with van der Waals surface area (Å²) < 4.78 is 6.82. The van der Waals surface area contributed by atoms with Gasteiger partial charge in [0, 0.05) is 64.4 Å². The maximum Gasteiger partial charge on any atom is 0.256 e. The Kier molecular flexibility index (Phi) is 6.95. The summed E-state index contributed by atoms with van der Waals surface area (Å²) in [5.74, 6) is -0.493. The Morgan fingerprint density at radius 1 is 1.09 bits per heavy atom. The van der Waals surface area contributed by atoms with Gasteiger partial charge in [-0.1, -0.05) is 12.8 Å². The summed E-state index contributed by atoms with van der Waals surface area (Å²) in [6, 6.07) is 0.395. The molecule has 0 aromatic rings. The largest absolute Gasteiger partial charge is 0.396 e. The van der Waals surface area contributed by atoms with Gasteiger partial charge in [0.1, 0.15) is 0 Å². The van der Waals surface area contributed by atoms with Crippen molar-refractivity contribution >= 4 is 17.6 Å². The van der Waals surface area contributed by atoms with Crippen molar-refractivity contribution in [2.45, 2.75) is 82.2 Å². The van der Waals surface area contributed by atoms with Crippen LogP contribution < -0.4 is 5.32 Å². The molecule has 4 fully saturated rings. The minimum atomic E-state index is -0.324. The fourth-order valence-corrected chi connectivity index (χ4v) is 6.88. The number of hydrogen-bond donors (Lipinski definition) is 2. The summed E-state index contributed by atoms with van der Waals surface area (Å²) in [5, 5.41) is 11.9. The number of rotatable bonds is 5. The van der Waals surface area contributed by atoms with E-state index in [0.717, 1.165) is 64.7 Å². The molecule has 34 heavy (non-hydrogen) atoms. The average molecular weight is 475 g/mol. The number of aliphatic hydroxyl groups excluding tert-OH is 1. The normalized spacial score (nSPS) is 35.8. The van der Waals surface area contributed by atoms with Crippen LogP contribution in [0, 0.1) is 5.92 Å². The van der Waals surface area contributed by atoms with Crippen LogP contribution >= 0.6 is 0 Å². The summed E-state index contributed by atoms with van der Waals surface area (Å²) in [4.78, 5) is 44.9. The van der Waals surface area contributed by atoms with E-state index in [2.05, 4.69) is 15.1 Å². The van der Waals surface area contributed by atoms with Gasteiger partial charge in [0.15, 0.2) is 5.78 Å². The molecular weight excluding hydrogens is 436 g/mol. The van der Waals surface area contributed by atoms with E-state index in [1.165, 1.54) is 0 Å². The third kappa shape index (κ3) is 4.27. The molecular formula is C25H38N4O5. The van der Waals surface area contributed by atoms with Gasteiger partial charge in [0.2, 0.25) is 5.91 Å². The number of fused-ring (bicyclic) bond motifs is 2. The van der Waals surface area contributed by atoms with Crippen LogP contribution in [-0.2, 0) is 19.1 Å². The number of hydrogen-bond acceptors (Lipinski definition) is 7. The van der Waals surface area contributed by atoms with Gasteiger partial charge in [0.05, 0.1) is 29.9 Å². The first-order valence-electron chi connectivity index (χ1n) is 13.1. The molecule has 2 saturated carbocycles. The van der Waals surface area contributed by atoms with Gasteiger partial charge >= 0.3 is 0 Å². The number of nitrogens with zero attached hydrogens (tertiary/aromatic N) is 3. The molecule has 6 unspecified atom stereocenters. The van der Waals surface area contributed by atoms with Gasteiger partial charge in [-0.05, 0) is 32.1 Å². The standard InChI is InChI=1S/C25H38N4O5/c1-16(31)27-10-12-28(13-11-27)20-8-7-17-22-24(20)34-21-6-3-2-5-19(21)29(22)15-18(23(17)32)25(33)26-9-4-14-30/h15,17,19-22,24,30H,2-14H2,1H3,(H,26,33). The molecule has 3 heterocycles. The molecule has 188 valence electrons. The number of carbonyl (C=O) groups is 3. The maximum atomic E-state index is 13.5. The summed E-state index contributed by atoms with van der Waals surface area (Å²) >= 11 is 0. The monoisotopic (exact) mass is 474 g/mol. The first kappa shape index (κ1) is 23.8. The van der Waals surface area contributed by atoms with Crippen molar-refractivity contribution in [3.63, 3.8) is 0 Å². The number of nitrogens with one attached hydrogen (secondary N) is 1. The smallest absolute Gasteiger partial charge is 0.256 e. The highest BCUT2D eigenvalue weighted by atomic mass is 16.5. The Morgan fingerprint density at radius 3 is 2.59 bits per heavy atom. The van der Waals surface area contributed by atoms with E-state index < -0.39 is 0 Å². The number of aliphatic hydroxyl groups is 1. The van der Waals surface area contributed by atoms with Crippen molar-refractivity contribution in [3.05, 3.63) is 11.8 Å². The minimum Gasteiger partial charge on any atom is -0.396 e. The van der Waals surface area contributed by atoms with Crippen LogP contribution in [0.3, 0.4) is 0 Å². The molecule has 6 atom stereocenters. The van der Waals surface area contributed by atoms with Crippen molar-refractivity contribution < 1.29 is 24.2 Å². The zero-order chi connectivity index (χ0) is 23.8. The number of ketones is 1. The van der Waals surface area contributed by atoms with E-state index in [0.29, 0.717) is 13.0 Å². The van der Waals surface area contributed by atoms with Crippen LogP contribution in [0.25, 0.3) is 0 Å². The average Bonchev–Trinajstić information content (AvgIpc) is 2.85. The van der Waals surface area contributed by atoms with E-state index in [1.807, 2.05) is 11.1 Å².